The minimum absolute atomic E-state index is 0.116. The van der Waals surface area contributed by atoms with E-state index in [0.717, 1.165) is 25.7 Å². The summed E-state index contributed by atoms with van der Waals surface area (Å²) in [5.74, 6) is 0.130. The van der Waals surface area contributed by atoms with E-state index < -0.39 is 0 Å². The average molecular weight is 239 g/mol. The van der Waals surface area contributed by atoms with E-state index in [2.05, 4.69) is 0 Å². The van der Waals surface area contributed by atoms with Crippen molar-refractivity contribution < 1.29 is 13.9 Å². The van der Waals surface area contributed by atoms with Crippen molar-refractivity contribution >= 4 is 5.69 Å². The lowest BCUT2D eigenvalue weighted by atomic mass is 9.95. The lowest BCUT2D eigenvalue weighted by molar-refractivity contribution is 0.0329. The number of anilines is 1. The molecule has 94 valence electrons. The quantitative estimate of drug-likeness (QED) is 0.825. The highest BCUT2D eigenvalue weighted by atomic mass is 19.1. The first kappa shape index (κ1) is 12.2. The predicted octanol–water partition coefficient (Wildman–Crippen LogP) is 2.74. The summed E-state index contributed by atoms with van der Waals surface area (Å²) in [5.41, 5.74) is 6.23. The second-order valence-electron chi connectivity index (χ2n) is 4.43. The maximum absolute atomic E-state index is 13.1. The normalized spacial score (nSPS) is 24.6. The lowest BCUT2D eigenvalue weighted by Gasteiger charge is -2.28. The molecule has 0 spiro atoms. The molecule has 0 bridgehead atoms. The average Bonchev–Trinajstić information content (AvgIpc) is 2.35. The van der Waals surface area contributed by atoms with Gasteiger partial charge in [0.2, 0.25) is 0 Å². The van der Waals surface area contributed by atoms with Gasteiger partial charge in [-0.25, -0.2) is 4.39 Å². The molecule has 0 amide bonds. The van der Waals surface area contributed by atoms with Crippen LogP contribution in [0.1, 0.15) is 25.7 Å². The molecular weight excluding hydrogens is 221 g/mol. The van der Waals surface area contributed by atoms with Crippen molar-refractivity contribution in [1.29, 1.82) is 0 Å². The van der Waals surface area contributed by atoms with E-state index in [1.807, 2.05) is 0 Å². The third-order valence-corrected chi connectivity index (χ3v) is 3.22. The Hall–Kier alpha value is -1.29. The molecule has 1 saturated carbocycles. The van der Waals surface area contributed by atoms with Crippen molar-refractivity contribution in [2.45, 2.75) is 37.9 Å². The van der Waals surface area contributed by atoms with E-state index >= 15 is 0 Å². The van der Waals surface area contributed by atoms with Crippen LogP contribution in [-0.2, 0) is 4.74 Å². The maximum atomic E-state index is 13.1. The maximum Gasteiger partial charge on any atom is 0.145 e. The number of benzene rings is 1. The summed E-state index contributed by atoms with van der Waals surface area (Å²) in [6.07, 6.45) is 4.26. The van der Waals surface area contributed by atoms with Gasteiger partial charge >= 0.3 is 0 Å². The van der Waals surface area contributed by atoms with Crippen molar-refractivity contribution in [2.75, 3.05) is 12.8 Å². The highest BCUT2D eigenvalue weighted by Crippen LogP contribution is 2.28. The van der Waals surface area contributed by atoms with Crippen LogP contribution >= 0.6 is 0 Å². The molecule has 1 aromatic rings. The molecule has 0 aromatic heterocycles. The molecule has 0 unspecified atom stereocenters. The number of methoxy groups -OCH3 is 1. The van der Waals surface area contributed by atoms with Crippen molar-refractivity contribution in [3.05, 3.63) is 24.0 Å². The van der Waals surface area contributed by atoms with E-state index in [1.54, 1.807) is 7.11 Å². The standard InChI is InChI=1S/C13H18FNO2/c1-16-10-3-5-11(6-4-10)17-13-8-9(14)2-7-12(13)15/h2,7-8,10-11H,3-6,15H2,1H3/t10-,11+. The first-order valence-corrected chi connectivity index (χ1v) is 5.93. The number of nitrogens with two attached hydrogens (primary N) is 1. The summed E-state index contributed by atoms with van der Waals surface area (Å²) >= 11 is 0. The van der Waals surface area contributed by atoms with Gasteiger partial charge in [0.15, 0.2) is 0 Å². The second-order valence-corrected chi connectivity index (χ2v) is 4.43. The summed E-state index contributed by atoms with van der Waals surface area (Å²) in [6.45, 7) is 0. The van der Waals surface area contributed by atoms with Crippen molar-refractivity contribution in [3.8, 4) is 5.75 Å². The van der Waals surface area contributed by atoms with E-state index in [1.165, 1.54) is 18.2 Å². The monoisotopic (exact) mass is 239 g/mol. The van der Waals surface area contributed by atoms with E-state index in [-0.39, 0.29) is 11.9 Å². The van der Waals surface area contributed by atoms with Crippen LogP contribution in [0.25, 0.3) is 0 Å². The highest BCUT2D eigenvalue weighted by molar-refractivity contribution is 5.52. The van der Waals surface area contributed by atoms with Crippen LogP contribution < -0.4 is 10.5 Å². The number of hydrogen-bond donors (Lipinski definition) is 1. The van der Waals surface area contributed by atoms with Crippen molar-refractivity contribution in [1.82, 2.24) is 0 Å². The topological polar surface area (TPSA) is 44.5 Å². The Kier molecular flexibility index (Phi) is 3.84. The summed E-state index contributed by atoms with van der Waals surface area (Å²) < 4.78 is 24.1. The first-order chi connectivity index (χ1) is 8.19. The third kappa shape index (κ3) is 3.09. The minimum Gasteiger partial charge on any atom is -0.488 e. The van der Waals surface area contributed by atoms with Gasteiger partial charge in [0.05, 0.1) is 17.9 Å². The van der Waals surface area contributed by atoms with Crippen molar-refractivity contribution in [3.63, 3.8) is 0 Å². The summed E-state index contributed by atoms with van der Waals surface area (Å²) in [6, 6.07) is 4.22. The molecule has 2 rings (SSSR count). The minimum atomic E-state index is -0.320. The van der Waals surface area contributed by atoms with Crippen LogP contribution in [0, 0.1) is 5.82 Å². The zero-order valence-electron chi connectivity index (χ0n) is 9.99. The van der Waals surface area contributed by atoms with Gasteiger partial charge in [-0.15, -0.1) is 0 Å². The number of halogens is 1. The zero-order valence-corrected chi connectivity index (χ0v) is 9.99. The fourth-order valence-corrected chi connectivity index (χ4v) is 2.18. The zero-order chi connectivity index (χ0) is 12.3. The molecule has 1 aliphatic carbocycles. The SMILES string of the molecule is CO[C@H]1CC[C@@H](Oc2cc(F)ccc2N)CC1. The molecule has 1 aliphatic rings. The summed E-state index contributed by atoms with van der Waals surface area (Å²) in [5, 5.41) is 0. The van der Waals surface area contributed by atoms with E-state index in [0.29, 0.717) is 17.5 Å². The Balaban J connectivity index is 1.95. The fraction of sp³-hybridized carbons (Fsp3) is 0.538. The van der Waals surface area contributed by atoms with Crippen LogP contribution in [0.2, 0.25) is 0 Å². The molecular formula is C13H18FNO2. The van der Waals surface area contributed by atoms with Gasteiger partial charge in [0, 0.05) is 13.2 Å². The van der Waals surface area contributed by atoms with Crippen LogP contribution in [0.4, 0.5) is 10.1 Å². The van der Waals surface area contributed by atoms with Gasteiger partial charge in [-0.2, -0.15) is 0 Å². The molecule has 17 heavy (non-hydrogen) atoms. The largest absolute Gasteiger partial charge is 0.488 e. The van der Waals surface area contributed by atoms with E-state index in [9.17, 15) is 4.39 Å². The molecule has 0 radical (unpaired) electrons. The number of rotatable bonds is 3. The van der Waals surface area contributed by atoms with E-state index in [4.69, 9.17) is 15.2 Å². The molecule has 0 atom stereocenters. The van der Waals surface area contributed by atoms with Gasteiger partial charge in [-0.1, -0.05) is 0 Å². The van der Waals surface area contributed by atoms with Crippen LogP contribution in [-0.4, -0.2) is 19.3 Å². The Labute approximate surface area is 101 Å². The van der Waals surface area contributed by atoms with Crippen molar-refractivity contribution in [2.24, 2.45) is 0 Å². The van der Waals surface area contributed by atoms with Gasteiger partial charge in [0.1, 0.15) is 11.6 Å². The number of ether oxygens (including phenoxy) is 2. The molecule has 0 heterocycles. The Morgan fingerprint density at radius 2 is 1.82 bits per heavy atom. The highest BCUT2D eigenvalue weighted by Gasteiger charge is 2.22. The van der Waals surface area contributed by atoms with Crippen LogP contribution in [0.3, 0.4) is 0 Å². The molecule has 3 nitrogen and oxygen atoms in total. The molecule has 1 aromatic carbocycles. The lowest BCUT2D eigenvalue weighted by Crippen LogP contribution is -2.27. The Morgan fingerprint density at radius 3 is 2.47 bits per heavy atom. The van der Waals surface area contributed by atoms with Gasteiger partial charge in [-0.3, -0.25) is 0 Å². The number of nitrogen functional groups attached to an aromatic ring is 1. The molecule has 0 aliphatic heterocycles. The van der Waals surface area contributed by atoms with Crippen LogP contribution in [0.5, 0.6) is 5.75 Å². The predicted molar refractivity (Wildman–Crippen MR) is 64.5 cm³/mol. The number of hydrogen-bond acceptors (Lipinski definition) is 3. The summed E-state index contributed by atoms with van der Waals surface area (Å²) in [7, 11) is 1.73. The van der Waals surface area contributed by atoms with Gasteiger partial charge in [-0.05, 0) is 37.8 Å². The smallest absolute Gasteiger partial charge is 0.145 e. The second kappa shape index (κ2) is 5.36. The van der Waals surface area contributed by atoms with Crippen LogP contribution in [0.15, 0.2) is 18.2 Å². The molecule has 4 heteroatoms. The van der Waals surface area contributed by atoms with Gasteiger partial charge in [0.25, 0.3) is 0 Å². The first-order valence-electron chi connectivity index (χ1n) is 5.93. The Morgan fingerprint density at radius 1 is 1.18 bits per heavy atom. The summed E-state index contributed by atoms with van der Waals surface area (Å²) in [4.78, 5) is 0. The Bertz CT molecular complexity index is 376. The third-order valence-electron chi connectivity index (χ3n) is 3.22. The molecule has 2 N–H and O–H groups in total. The molecule has 0 saturated heterocycles. The van der Waals surface area contributed by atoms with Gasteiger partial charge < -0.3 is 15.2 Å². The fourth-order valence-electron chi connectivity index (χ4n) is 2.18. The molecule has 1 fully saturated rings.